The number of methoxy groups -OCH3 is 1. The fraction of sp³-hybridized carbons (Fsp3) is 0.300. The average molecular weight is 257 g/mol. The van der Waals surface area contributed by atoms with Crippen LogP contribution in [-0.2, 0) is 30.1 Å². The van der Waals surface area contributed by atoms with Crippen LogP contribution in [0, 0.1) is 0 Å². The zero-order valence-electron chi connectivity index (χ0n) is 9.07. The molecule has 0 aliphatic carbocycles. The summed E-state index contributed by atoms with van der Waals surface area (Å²) in [5.74, 6) is -0.928. The number of hydrogen-bond donors (Lipinski definition) is 0. The molecule has 0 N–H and O–H groups in total. The summed E-state index contributed by atoms with van der Waals surface area (Å²) in [6.07, 6.45) is -1.13. The van der Waals surface area contributed by atoms with Crippen LogP contribution in [0.3, 0.4) is 0 Å². The molecule has 6 nitrogen and oxygen atoms in total. The fourth-order valence-electron chi connectivity index (χ4n) is 1.36. The third-order valence-corrected chi connectivity index (χ3v) is 3.74. The van der Waals surface area contributed by atoms with E-state index in [1.807, 2.05) is 0 Å². The third kappa shape index (κ3) is 2.63. The Bertz CT molecular complexity index is 513. The molecule has 2 unspecified atom stereocenters. The smallest absolute Gasteiger partial charge is 0.355 e. The van der Waals surface area contributed by atoms with Gasteiger partial charge in [0.2, 0.25) is 10.0 Å². The standard InChI is InChI=1S/C10H11NO5S/c1-15-10(12)9-11(16-9)17(13,14)7-8-5-3-2-4-6-8/h2-6,9H,7H2,1H3. The molecule has 0 spiro atoms. The molecular formula is C10H11NO5S. The van der Waals surface area contributed by atoms with Crippen LogP contribution >= 0.6 is 0 Å². The van der Waals surface area contributed by atoms with Crippen LogP contribution in [0.4, 0.5) is 0 Å². The number of esters is 1. The molecule has 0 aromatic heterocycles. The molecule has 0 radical (unpaired) electrons. The average Bonchev–Trinajstić information content (AvgIpc) is 3.09. The summed E-state index contributed by atoms with van der Waals surface area (Å²) in [7, 11) is -2.46. The summed E-state index contributed by atoms with van der Waals surface area (Å²) >= 11 is 0. The Morgan fingerprint density at radius 3 is 2.65 bits per heavy atom. The van der Waals surface area contributed by atoms with E-state index in [2.05, 4.69) is 9.57 Å². The molecule has 2 rings (SSSR count). The summed E-state index contributed by atoms with van der Waals surface area (Å²) in [4.78, 5) is 15.7. The van der Waals surface area contributed by atoms with Crippen molar-refractivity contribution in [1.82, 2.24) is 4.47 Å². The molecule has 0 amide bonds. The van der Waals surface area contributed by atoms with Crippen molar-refractivity contribution in [2.24, 2.45) is 0 Å². The van der Waals surface area contributed by atoms with Gasteiger partial charge in [0.15, 0.2) is 0 Å². The minimum Gasteiger partial charge on any atom is -0.466 e. The number of carbonyl (C=O) groups excluding carboxylic acids is 1. The van der Waals surface area contributed by atoms with E-state index in [4.69, 9.17) is 0 Å². The second kappa shape index (κ2) is 4.44. The van der Waals surface area contributed by atoms with Gasteiger partial charge in [-0.3, -0.25) is 0 Å². The van der Waals surface area contributed by atoms with E-state index in [0.29, 0.717) is 10.0 Å². The molecule has 2 atom stereocenters. The van der Waals surface area contributed by atoms with Crippen LogP contribution in [0.1, 0.15) is 5.56 Å². The maximum Gasteiger partial charge on any atom is 0.355 e. The van der Waals surface area contributed by atoms with Gasteiger partial charge in [-0.1, -0.05) is 30.3 Å². The Balaban J connectivity index is 2.05. The van der Waals surface area contributed by atoms with Gasteiger partial charge in [0.1, 0.15) is 0 Å². The molecule has 92 valence electrons. The SMILES string of the molecule is COC(=O)C1ON1S(=O)(=O)Cc1ccccc1. The van der Waals surface area contributed by atoms with Gasteiger partial charge in [0, 0.05) is 0 Å². The van der Waals surface area contributed by atoms with Crippen LogP contribution in [-0.4, -0.2) is 32.2 Å². The third-order valence-electron chi connectivity index (χ3n) is 2.22. The minimum absolute atomic E-state index is 0.207. The topological polar surface area (TPSA) is 76.0 Å². The van der Waals surface area contributed by atoms with Crippen LogP contribution in [0.5, 0.6) is 0 Å². The molecule has 1 heterocycles. The van der Waals surface area contributed by atoms with E-state index in [-0.39, 0.29) is 5.75 Å². The van der Waals surface area contributed by atoms with Crippen molar-refractivity contribution in [3.63, 3.8) is 0 Å². The zero-order chi connectivity index (χ0) is 12.5. The van der Waals surface area contributed by atoms with E-state index >= 15 is 0 Å². The quantitative estimate of drug-likeness (QED) is 0.571. The normalized spacial score (nSPS) is 23.1. The number of nitrogens with zero attached hydrogens (tertiary/aromatic N) is 1. The molecule has 1 aromatic carbocycles. The molecule has 1 saturated heterocycles. The fourth-order valence-corrected chi connectivity index (χ4v) is 2.69. The number of benzene rings is 1. The van der Waals surface area contributed by atoms with Crippen LogP contribution in [0.25, 0.3) is 0 Å². The minimum atomic E-state index is -3.63. The van der Waals surface area contributed by atoms with Crippen molar-refractivity contribution in [1.29, 1.82) is 0 Å². The van der Waals surface area contributed by atoms with Gasteiger partial charge in [-0.25, -0.2) is 18.0 Å². The summed E-state index contributed by atoms with van der Waals surface area (Å²) in [6, 6.07) is 8.65. The van der Waals surface area contributed by atoms with E-state index in [9.17, 15) is 13.2 Å². The highest BCUT2D eigenvalue weighted by Crippen LogP contribution is 2.28. The van der Waals surface area contributed by atoms with E-state index in [1.165, 1.54) is 7.11 Å². The van der Waals surface area contributed by atoms with Gasteiger partial charge in [-0.05, 0) is 10.0 Å². The Labute approximate surface area is 98.7 Å². The van der Waals surface area contributed by atoms with Crippen molar-refractivity contribution in [3.05, 3.63) is 35.9 Å². The first-order chi connectivity index (χ1) is 8.04. The predicted molar refractivity (Wildman–Crippen MR) is 57.8 cm³/mol. The highest BCUT2D eigenvalue weighted by atomic mass is 32.2. The molecule has 0 saturated carbocycles. The summed E-state index contributed by atoms with van der Waals surface area (Å²) < 4.78 is 28.6. The monoisotopic (exact) mass is 257 g/mol. The van der Waals surface area contributed by atoms with Crippen molar-refractivity contribution < 1.29 is 22.8 Å². The van der Waals surface area contributed by atoms with Crippen LogP contribution < -0.4 is 0 Å². The van der Waals surface area contributed by atoms with Gasteiger partial charge >= 0.3 is 5.97 Å². The van der Waals surface area contributed by atoms with E-state index < -0.39 is 22.2 Å². The number of sulfonamides is 1. The van der Waals surface area contributed by atoms with E-state index in [1.54, 1.807) is 30.3 Å². The largest absolute Gasteiger partial charge is 0.466 e. The first kappa shape index (κ1) is 12.0. The molecule has 1 aliphatic heterocycles. The second-order valence-electron chi connectivity index (χ2n) is 3.48. The highest BCUT2D eigenvalue weighted by molar-refractivity contribution is 7.88. The molecule has 0 bridgehead atoms. The first-order valence-electron chi connectivity index (χ1n) is 4.85. The summed E-state index contributed by atoms with van der Waals surface area (Å²) in [5, 5.41) is 0. The van der Waals surface area contributed by atoms with Gasteiger partial charge in [0.05, 0.1) is 12.9 Å². The second-order valence-corrected chi connectivity index (χ2v) is 5.29. The lowest BCUT2D eigenvalue weighted by Crippen LogP contribution is -2.21. The lowest BCUT2D eigenvalue weighted by atomic mass is 10.2. The number of hydrogen-bond acceptors (Lipinski definition) is 5. The van der Waals surface area contributed by atoms with Crippen LogP contribution in [0.15, 0.2) is 30.3 Å². The Hall–Kier alpha value is -1.44. The van der Waals surface area contributed by atoms with Crippen molar-refractivity contribution in [2.45, 2.75) is 12.0 Å². The molecule has 17 heavy (non-hydrogen) atoms. The summed E-state index contributed by atoms with van der Waals surface area (Å²) in [6.45, 7) is 0. The van der Waals surface area contributed by atoms with Crippen molar-refractivity contribution in [2.75, 3.05) is 7.11 Å². The van der Waals surface area contributed by atoms with Gasteiger partial charge < -0.3 is 4.74 Å². The molecule has 1 fully saturated rings. The van der Waals surface area contributed by atoms with Gasteiger partial charge in [-0.2, -0.15) is 0 Å². The zero-order valence-corrected chi connectivity index (χ0v) is 9.88. The lowest BCUT2D eigenvalue weighted by molar-refractivity contribution is -0.142. The highest BCUT2D eigenvalue weighted by Gasteiger charge is 2.52. The number of hydroxylamine groups is 1. The van der Waals surface area contributed by atoms with Gasteiger partial charge in [-0.15, -0.1) is 0 Å². The molecule has 7 heteroatoms. The lowest BCUT2D eigenvalue weighted by Gasteiger charge is -2.01. The van der Waals surface area contributed by atoms with Crippen LogP contribution in [0.2, 0.25) is 0 Å². The van der Waals surface area contributed by atoms with E-state index in [0.717, 1.165) is 0 Å². The Kier molecular flexibility index (Phi) is 3.14. The van der Waals surface area contributed by atoms with Gasteiger partial charge in [0.25, 0.3) is 6.23 Å². The predicted octanol–water partition coefficient (Wildman–Crippen LogP) is 0.263. The maximum atomic E-state index is 11.8. The maximum absolute atomic E-state index is 11.8. The van der Waals surface area contributed by atoms with Crippen molar-refractivity contribution >= 4 is 16.0 Å². The Morgan fingerprint density at radius 1 is 1.41 bits per heavy atom. The molecule has 1 aliphatic rings. The molecule has 1 aromatic rings. The number of rotatable bonds is 4. The summed E-state index contributed by atoms with van der Waals surface area (Å²) in [5.41, 5.74) is 0.631. The first-order valence-corrected chi connectivity index (χ1v) is 6.46. The molecular weight excluding hydrogens is 246 g/mol. The van der Waals surface area contributed by atoms with Crippen molar-refractivity contribution in [3.8, 4) is 0 Å². The Morgan fingerprint density at radius 2 is 2.06 bits per heavy atom. The number of carbonyl (C=O) groups is 1. The number of ether oxygens (including phenoxy) is 1.